The fraction of sp³-hybridized carbons (Fsp3) is 0.235. The van der Waals surface area contributed by atoms with Crippen LogP contribution in [0.5, 0.6) is 0 Å². The van der Waals surface area contributed by atoms with Crippen molar-refractivity contribution in [2.24, 2.45) is 0 Å². The summed E-state index contributed by atoms with van der Waals surface area (Å²) in [5.74, 6) is -0.310. The number of carbonyl (C=O) groups is 1. The van der Waals surface area contributed by atoms with Gasteiger partial charge in [0.15, 0.2) is 0 Å². The number of ether oxygens (including phenoxy) is 1. The Hall–Kier alpha value is -2.22. The first kappa shape index (κ1) is 18.1. The molecule has 2 aromatic rings. The smallest absolute Gasteiger partial charge is 0.255 e. The molecule has 0 spiro atoms. The lowest BCUT2D eigenvalue weighted by Gasteiger charge is -2.10. The molecule has 0 bridgehead atoms. The second kappa shape index (κ2) is 7.57. The molecule has 128 valence electrons. The van der Waals surface area contributed by atoms with E-state index in [2.05, 4.69) is 10.0 Å². The Morgan fingerprint density at radius 2 is 1.79 bits per heavy atom. The second-order valence-electron chi connectivity index (χ2n) is 5.27. The van der Waals surface area contributed by atoms with Crippen molar-refractivity contribution in [3.63, 3.8) is 0 Å². The lowest BCUT2D eigenvalue weighted by atomic mass is 10.1. The van der Waals surface area contributed by atoms with E-state index in [1.165, 1.54) is 13.1 Å². The normalized spacial score (nSPS) is 11.3. The van der Waals surface area contributed by atoms with E-state index in [-0.39, 0.29) is 10.8 Å². The van der Waals surface area contributed by atoms with E-state index < -0.39 is 10.0 Å². The molecule has 0 fully saturated rings. The largest absolute Gasteiger partial charge is 0.380 e. The average molecular weight is 348 g/mol. The quantitative estimate of drug-likeness (QED) is 0.839. The van der Waals surface area contributed by atoms with Crippen LogP contribution in [0.3, 0.4) is 0 Å². The number of sulfonamides is 1. The van der Waals surface area contributed by atoms with Crippen molar-refractivity contribution in [1.29, 1.82) is 0 Å². The first-order valence-corrected chi connectivity index (χ1v) is 8.79. The van der Waals surface area contributed by atoms with E-state index in [9.17, 15) is 13.2 Å². The van der Waals surface area contributed by atoms with E-state index in [0.717, 1.165) is 5.56 Å². The number of benzene rings is 2. The van der Waals surface area contributed by atoms with Gasteiger partial charge in [0.25, 0.3) is 5.91 Å². The van der Waals surface area contributed by atoms with E-state index >= 15 is 0 Å². The van der Waals surface area contributed by atoms with Crippen LogP contribution in [-0.2, 0) is 21.4 Å². The Kier molecular flexibility index (Phi) is 5.71. The van der Waals surface area contributed by atoms with Gasteiger partial charge in [0.1, 0.15) is 0 Å². The minimum absolute atomic E-state index is 0.137. The molecule has 0 aliphatic carbocycles. The fourth-order valence-corrected chi connectivity index (χ4v) is 3.19. The fourth-order valence-electron chi connectivity index (χ4n) is 2.20. The summed E-state index contributed by atoms with van der Waals surface area (Å²) in [6.07, 6.45) is 0. The predicted molar refractivity (Wildman–Crippen MR) is 92.5 cm³/mol. The SMILES string of the molecule is CNS(=O)(=O)c1cc(NC(=O)c2ccc(COC)cc2)ccc1C. The van der Waals surface area contributed by atoms with E-state index in [1.807, 2.05) is 12.1 Å². The van der Waals surface area contributed by atoms with Crippen LogP contribution in [0.2, 0.25) is 0 Å². The Labute approximate surface area is 141 Å². The van der Waals surface area contributed by atoms with Gasteiger partial charge in [0, 0.05) is 18.4 Å². The van der Waals surface area contributed by atoms with Gasteiger partial charge in [0.2, 0.25) is 10.0 Å². The number of nitrogens with one attached hydrogen (secondary N) is 2. The number of rotatable bonds is 6. The zero-order valence-electron chi connectivity index (χ0n) is 13.8. The molecule has 0 aliphatic rings. The molecule has 0 radical (unpaired) electrons. The summed E-state index contributed by atoms with van der Waals surface area (Å²) in [5.41, 5.74) is 2.46. The summed E-state index contributed by atoms with van der Waals surface area (Å²) in [4.78, 5) is 12.4. The summed E-state index contributed by atoms with van der Waals surface area (Å²) in [6, 6.07) is 11.8. The molecule has 0 aromatic heterocycles. The minimum atomic E-state index is -3.58. The predicted octanol–water partition coefficient (Wildman–Crippen LogP) is 2.30. The standard InChI is InChI=1S/C17H20N2O4S/c1-12-4-9-15(10-16(12)24(21,22)18-2)19-17(20)14-7-5-13(6-8-14)11-23-3/h4-10,18H,11H2,1-3H3,(H,19,20). The number of hydrogen-bond acceptors (Lipinski definition) is 4. The van der Waals surface area contributed by atoms with Crippen LogP contribution < -0.4 is 10.0 Å². The van der Waals surface area contributed by atoms with Crippen molar-refractivity contribution >= 4 is 21.6 Å². The molecule has 2 N–H and O–H groups in total. The Balaban J connectivity index is 2.21. The zero-order chi connectivity index (χ0) is 17.7. The number of anilines is 1. The van der Waals surface area contributed by atoms with Crippen LogP contribution in [-0.4, -0.2) is 28.5 Å². The third kappa shape index (κ3) is 4.19. The number of carbonyl (C=O) groups excluding carboxylic acids is 1. The van der Waals surface area contributed by atoms with Crippen LogP contribution >= 0.6 is 0 Å². The highest BCUT2D eigenvalue weighted by Crippen LogP contribution is 2.20. The molecular weight excluding hydrogens is 328 g/mol. The van der Waals surface area contributed by atoms with Crippen molar-refractivity contribution < 1.29 is 17.9 Å². The van der Waals surface area contributed by atoms with Crippen LogP contribution in [0, 0.1) is 6.92 Å². The molecule has 24 heavy (non-hydrogen) atoms. The van der Waals surface area contributed by atoms with E-state index in [0.29, 0.717) is 23.4 Å². The third-order valence-electron chi connectivity index (χ3n) is 3.53. The summed E-state index contributed by atoms with van der Waals surface area (Å²) in [6.45, 7) is 2.18. The van der Waals surface area contributed by atoms with Crippen molar-refractivity contribution in [2.75, 3.05) is 19.5 Å². The molecular formula is C17H20N2O4S. The molecule has 0 aliphatic heterocycles. The minimum Gasteiger partial charge on any atom is -0.380 e. The van der Waals surface area contributed by atoms with Crippen molar-refractivity contribution in [3.05, 3.63) is 59.2 Å². The molecule has 2 rings (SSSR count). The van der Waals surface area contributed by atoms with Gasteiger partial charge in [-0.15, -0.1) is 0 Å². The van der Waals surface area contributed by atoms with Gasteiger partial charge in [0.05, 0.1) is 11.5 Å². The molecule has 0 saturated heterocycles. The Bertz CT molecular complexity index is 830. The maximum Gasteiger partial charge on any atom is 0.255 e. The highest BCUT2D eigenvalue weighted by atomic mass is 32.2. The van der Waals surface area contributed by atoms with Gasteiger partial charge in [-0.05, 0) is 49.4 Å². The molecule has 6 nitrogen and oxygen atoms in total. The number of methoxy groups -OCH3 is 1. The maximum atomic E-state index is 12.3. The number of amides is 1. The molecule has 1 amide bonds. The number of aryl methyl sites for hydroxylation is 1. The third-order valence-corrected chi connectivity index (χ3v) is 5.09. The monoisotopic (exact) mass is 348 g/mol. The van der Waals surface area contributed by atoms with Crippen LogP contribution in [0.25, 0.3) is 0 Å². The van der Waals surface area contributed by atoms with Gasteiger partial charge < -0.3 is 10.1 Å². The van der Waals surface area contributed by atoms with Gasteiger partial charge >= 0.3 is 0 Å². The van der Waals surface area contributed by atoms with E-state index in [4.69, 9.17) is 4.74 Å². The topological polar surface area (TPSA) is 84.5 Å². The van der Waals surface area contributed by atoms with E-state index in [1.54, 1.807) is 38.3 Å². The van der Waals surface area contributed by atoms with Crippen LogP contribution in [0.15, 0.2) is 47.4 Å². The second-order valence-corrected chi connectivity index (χ2v) is 7.13. The molecule has 2 aromatic carbocycles. The van der Waals surface area contributed by atoms with Gasteiger partial charge in [-0.25, -0.2) is 13.1 Å². The van der Waals surface area contributed by atoms with Crippen molar-refractivity contribution in [2.45, 2.75) is 18.4 Å². The highest BCUT2D eigenvalue weighted by Gasteiger charge is 2.16. The highest BCUT2D eigenvalue weighted by molar-refractivity contribution is 7.89. The molecule has 7 heteroatoms. The maximum absolute atomic E-state index is 12.3. The summed E-state index contributed by atoms with van der Waals surface area (Å²) in [7, 11) is -0.624. The lowest BCUT2D eigenvalue weighted by Crippen LogP contribution is -2.20. The van der Waals surface area contributed by atoms with Crippen molar-refractivity contribution in [3.8, 4) is 0 Å². The molecule has 0 heterocycles. The summed E-state index contributed by atoms with van der Waals surface area (Å²) >= 11 is 0. The average Bonchev–Trinajstić information content (AvgIpc) is 2.57. The Morgan fingerprint density at radius 1 is 1.12 bits per heavy atom. The molecule has 0 saturated carbocycles. The summed E-state index contributed by atoms with van der Waals surface area (Å²) < 4.78 is 31.3. The summed E-state index contributed by atoms with van der Waals surface area (Å²) in [5, 5.41) is 2.71. The van der Waals surface area contributed by atoms with Crippen molar-refractivity contribution in [1.82, 2.24) is 4.72 Å². The lowest BCUT2D eigenvalue weighted by molar-refractivity contribution is 0.102. The van der Waals surface area contributed by atoms with Gasteiger partial charge in [-0.2, -0.15) is 0 Å². The molecule has 0 unspecified atom stereocenters. The first-order chi connectivity index (χ1) is 11.4. The van der Waals surface area contributed by atoms with Crippen LogP contribution in [0.4, 0.5) is 5.69 Å². The zero-order valence-corrected chi connectivity index (χ0v) is 14.6. The van der Waals surface area contributed by atoms with Gasteiger partial charge in [-0.3, -0.25) is 4.79 Å². The number of hydrogen-bond donors (Lipinski definition) is 2. The first-order valence-electron chi connectivity index (χ1n) is 7.31. The molecule has 0 atom stereocenters. The van der Waals surface area contributed by atoms with Gasteiger partial charge in [-0.1, -0.05) is 18.2 Å². The van der Waals surface area contributed by atoms with Crippen LogP contribution in [0.1, 0.15) is 21.5 Å². The Morgan fingerprint density at radius 3 is 2.38 bits per heavy atom.